The van der Waals surface area contributed by atoms with Gasteiger partial charge in [-0.2, -0.15) is 0 Å². The van der Waals surface area contributed by atoms with Crippen molar-refractivity contribution in [3.63, 3.8) is 0 Å². The molecule has 1 N–H and O–H groups in total. The summed E-state index contributed by atoms with van der Waals surface area (Å²) in [5, 5.41) is 6.63. The summed E-state index contributed by atoms with van der Waals surface area (Å²) in [4.78, 5) is 0. The molecule has 1 heteroatoms. The van der Waals surface area contributed by atoms with Crippen molar-refractivity contribution in [3.05, 3.63) is 47.5 Å². The van der Waals surface area contributed by atoms with Crippen LogP contribution in [0, 0.1) is 18.8 Å². The molecular weight excluding hydrogens is 254 g/mol. The number of benzene rings is 2. The Morgan fingerprint density at radius 1 is 1.14 bits per heavy atom. The average molecular weight is 281 g/mol. The summed E-state index contributed by atoms with van der Waals surface area (Å²) in [6.45, 7) is 8.06. The van der Waals surface area contributed by atoms with E-state index in [1.807, 2.05) is 0 Å². The minimum absolute atomic E-state index is 0.489. The van der Waals surface area contributed by atoms with E-state index in [1.165, 1.54) is 41.2 Å². The van der Waals surface area contributed by atoms with Crippen LogP contribution < -0.4 is 5.32 Å². The topological polar surface area (TPSA) is 12.0 Å². The van der Waals surface area contributed by atoms with E-state index in [2.05, 4.69) is 62.5 Å². The van der Waals surface area contributed by atoms with Crippen molar-refractivity contribution < 1.29 is 0 Å². The van der Waals surface area contributed by atoms with Gasteiger partial charge in [0.05, 0.1) is 0 Å². The molecule has 0 heterocycles. The largest absolute Gasteiger partial charge is 0.310 e. The van der Waals surface area contributed by atoms with E-state index < -0.39 is 0 Å². The molecule has 2 aromatic rings. The number of nitrogens with one attached hydrogen (secondary N) is 1. The lowest BCUT2D eigenvalue weighted by atomic mass is 9.85. The van der Waals surface area contributed by atoms with Crippen LogP contribution in [-0.2, 0) is 0 Å². The zero-order valence-corrected chi connectivity index (χ0v) is 13.5. The third kappa shape index (κ3) is 2.98. The van der Waals surface area contributed by atoms with Crippen LogP contribution in [0.5, 0.6) is 0 Å². The molecule has 0 amide bonds. The molecule has 1 nitrogen and oxygen atoms in total. The first kappa shape index (κ1) is 14.6. The highest BCUT2D eigenvalue weighted by Crippen LogP contribution is 2.44. The van der Waals surface area contributed by atoms with E-state index in [1.54, 1.807) is 0 Å². The van der Waals surface area contributed by atoms with Crippen molar-refractivity contribution in [2.24, 2.45) is 11.8 Å². The van der Waals surface area contributed by atoms with Gasteiger partial charge in [-0.25, -0.2) is 0 Å². The lowest BCUT2D eigenvalue weighted by Gasteiger charge is -2.28. The maximum atomic E-state index is 3.84. The maximum Gasteiger partial charge on any atom is 0.0357 e. The summed E-state index contributed by atoms with van der Waals surface area (Å²) >= 11 is 0. The SMILES string of the molecule is CCCNC(c1c(C)ccc2ccccc12)C(C)C1CC1. The van der Waals surface area contributed by atoms with Crippen molar-refractivity contribution >= 4 is 10.8 Å². The first-order valence-corrected chi connectivity index (χ1v) is 8.44. The highest BCUT2D eigenvalue weighted by Gasteiger charge is 2.34. The van der Waals surface area contributed by atoms with Crippen molar-refractivity contribution in [2.45, 2.75) is 46.1 Å². The third-order valence-corrected chi connectivity index (χ3v) is 5.01. The van der Waals surface area contributed by atoms with E-state index in [0.717, 1.165) is 18.4 Å². The molecule has 1 aliphatic rings. The quantitative estimate of drug-likeness (QED) is 0.764. The van der Waals surface area contributed by atoms with Gasteiger partial charge in [0.25, 0.3) is 0 Å². The molecule has 21 heavy (non-hydrogen) atoms. The first-order valence-electron chi connectivity index (χ1n) is 8.44. The molecule has 0 bridgehead atoms. The Morgan fingerprint density at radius 2 is 1.90 bits per heavy atom. The normalized spacial score (nSPS) is 17.9. The number of hydrogen-bond acceptors (Lipinski definition) is 1. The number of aryl methyl sites for hydroxylation is 1. The molecule has 0 aliphatic heterocycles. The second-order valence-corrected chi connectivity index (χ2v) is 6.65. The second kappa shape index (κ2) is 6.19. The Kier molecular flexibility index (Phi) is 4.30. The summed E-state index contributed by atoms with van der Waals surface area (Å²) in [5.41, 5.74) is 2.95. The minimum atomic E-state index is 0.489. The summed E-state index contributed by atoms with van der Waals surface area (Å²) in [6.07, 6.45) is 4.02. The molecule has 2 aromatic carbocycles. The van der Waals surface area contributed by atoms with Crippen LogP contribution in [-0.4, -0.2) is 6.54 Å². The van der Waals surface area contributed by atoms with Crippen LogP contribution in [0.2, 0.25) is 0 Å². The smallest absolute Gasteiger partial charge is 0.0357 e. The lowest BCUT2D eigenvalue weighted by Crippen LogP contribution is -2.29. The summed E-state index contributed by atoms with van der Waals surface area (Å²) in [6, 6.07) is 13.9. The van der Waals surface area contributed by atoms with E-state index in [0.29, 0.717) is 6.04 Å². The fraction of sp³-hybridized carbons (Fsp3) is 0.500. The molecule has 0 radical (unpaired) electrons. The van der Waals surface area contributed by atoms with Gasteiger partial charge in [0, 0.05) is 6.04 Å². The maximum absolute atomic E-state index is 3.84. The fourth-order valence-corrected chi connectivity index (χ4v) is 3.56. The van der Waals surface area contributed by atoms with Crippen LogP contribution in [0.3, 0.4) is 0 Å². The molecule has 2 atom stereocenters. The van der Waals surface area contributed by atoms with Gasteiger partial charge in [-0.3, -0.25) is 0 Å². The monoisotopic (exact) mass is 281 g/mol. The summed E-state index contributed by atoms with van der Waals surface area (Å²) in [7, 11) is 0. The second-order valence-electron chi connectivity index (χ2n) is 6.65. The predicted octanol–water partition coefficient (Wildman–Crippen LogP) is 5.24. The Morgan fingerprint density at radius 3 is 2.62 bits per heavy atom. The molecule has 1 saturated carbocycles. The van der Waals surface area contributed by atoms with Crippen molar-refractivity contribution in [3.8, 4) is 0 Å². The average Bonchev–Trinajstić information content (AvgIpc) is 3.33. The van der Waals surface area contributed by atoms with Gasteiger partial charge in [0.15, 0.2) is 0 Å². The summed E-state index contributed by atoms with van der Waals surface area (Å²) < 4.78 is 0. The molecule has 0 spiro atoms. The Hall–Kier alpha value is -1.34. The molecule has 2 unspecified atom stereocenters. The van der Waals surface area contributed by atoms with E-state index in [4.69, 9.17) is 0 Å². The van der Waals surface area contributed by atoms with Gasteiger partial charge in [-0.15, -0.1) is 0 Å². The van der Waals surface area contributed by atoms with Crippen LogP contribution in [0.4, 0.5) is 0 Å². The number of rotatable bonds is 6. The van der Waals surface area contributed by atoms with Gasteiger partial charge < -0.3 is 5.32 Å². The Labute approximate surface area is 128 Å². The molecule has 1 fully saturated rings. The van der Waals surface area contributed by atoms with Crippen molar-refractivity contribution in [1.82, 2.24) is 5.32 Å². The van der Waals surface area contributed by atoms with Gasteiger partial charge >= 0.3 is 0 Å². The van der Waals surface area contributed by atoms with E-state index in [9.17, 15) is 0 Å². The third-order valence-electron chi connectivity index (χ3n) is 5.01. The minimum Gasteiger partial charge on any atom is -0.310 e. The van der Waals surface area contributed by atoms with Gasteiger partial charge in [0.2, 0.25) is 0 Å². The van der Waals surface area contributed by atoms with Crippen LogP contribution in [0.1, 0.15) is 50.3 Å². The zero-order chi connectivity index (χ0) is 14.8. The fourth-order valence-electron chi connectivity index (χ4n) is 3.56. The number of fused-ring (bicyclic) bond motifs is 1. The molecular formula is C20H27N. The van der Waals surface area contributed by atoms with Crippen molar-refractivity contribution in [2.75, 3.05) is 6.54 Å². The first-order chi connectivity index (χ1) is 10.2. The molecule has 3 rings (SSSR count). The molecule has 0 saturated heterocycles. The Bertz CT molecular complexity index is 612. The highest BCUT2D eigenvalue weighted by molar-refractivity contribution is 5.87. The van der Waals surface area contributed by atoms with Crippen LogP contribution in [0.25, 0.3) is 10.8 Å². The highest BCUT2D eigenvalue weighted by atomic mass is 14.9. The molecule has 112 valence electrons. The standard InChI is InChI=1S/C20H27N/c1-4-13-21-20(15(3)16-11-12-16)19-14(2)9-10-17-7-5-6-8-18(17)19/h5-10,15-16,20-21H,4,11-13H2,1-3H3. The number of hydrogen-bond donors (Lipinski definition) is 1. The molecule has 0 aromatic heterocycles. The Balaban J connectivity index is 2.06. The van der Waals surface area contributed by atoms with E-state index >= 15 is 0 Å². The van der Waals surface area contributed by atoms with Crippen molar-refractivity contribution in [1.29, 1.82) is 0 Å². The van der Waals surface area contributed by atoms with Gasteiger partial charge in [0.1, 0.15) is 0 Å². The predicted molar refractivity (Wildman–Crippen MR) is 91.6 cm³/mol. The van der Waals surface area contributed by atoms with E-state index in [-0.39, 0.29) is 0 Å². The lowest BCUT2D eigenvalue weighted by molar-refractivity contribution is 0.350. The molecule has 1 aliphatic carbocycles. The van der Waals surface area contributed by atoms with Gasteiger partial charge in [-0.05, 0) is 66.5 Å². The zero-order valence-electron chi connectivity index (χ0n) is 13.5. The summed E-state index contributed by atoms with van der Waals surface area (Å²) in [5.74, 6) is 1.64. The van der Waals surface area contributed by atoms with Crippen LogP contribution in [0.15, 0.2) is 36.4 Å². The van der Waals surface area contributed by atoms with Crippen LogP contribution >= 0.6 is 0 Å². The van der Waals surface area contributed by atoms with Gasteiger partial charge in [-0.1, -0.05) is 50.2 Å².